The molecule has 0 heterocycles. The molecule has 1 atom stereocenters. The molecule has 2 N–H and O–H groups in total. The van der Waals surface area contributed by atoms with Crippen LogP contribution < -0.4 is 15.4 Å². The Labute approximate surface area is 170 Å². The molecular weight excluding hydrogens is 364 g/mol. The van der Waals surface area contributed by atoms with Crippen molar-refractivity contribution in [1.29, 1.82) is 0 Å². The number of aryl methyl sites for hydroxylation is 2. The maximum absolute atomic E-state index is 12.4. The molecule has 0 aromatic heterocycles. The molecule has 0 fully saturated rings. The molecule has 3 rings (SSSR count). The van der Waals surface area contributed by atoms with Crippen molar-refractivity contribution in [2.24, 2.45) is 0 Å². The molecule has 2 amide bonds. The molecule has 0 aliphatic carbocycles. The number of anilines is 2. The SMILES string of the molecule is Cc1ccccc1NC(=O)c1ccc(OC(C)C(=O)Nc2ccccc2C)cc1. The van der Waals surface area contributed by atoms with Crippen LogP contribution in [-0.2, 0) is 4.79 Å². The van der Waals surface area contributed by atoms with Crippen LogP contribution in [0.4, 0.5) is 11.4 Å². The predicted molar refractivity (Wildman–Crippen MR) is 115 cm³/mol. The smallest absolute Gasteiger partial charge is 0.265 e. The Morgan fingerprint density at radius 1 is 0.759 bits per heavy atom. The van der Waals surface area contributed by atoms with Crippen molar-refractivity contribution in [3.05, 3.63) is 89.5 Å². The molecule has 0 bridgehead atoms. The highest BCUT2D eigenvalue weighted by atomic mass is 16.5. The predicted octanol–water partition coefficient (Wildman–Crippen LogP) is 4.96. The van der Waals surface area contributed by atoms with E-state index < -0.39 is 6.10 Å². The summed E-state index contributed by atoms with van der Waals surface area (Å²) < 4.78 is 5.72. The maximum atomic E-state index is 12.4. The van der Waals surface area contributed by atoms with E-state index in [1.165, 1.54) is 0 Å². The largest absolute Gasteiger partial charge is 0.481 e. The van der Waals surface area contributed by atoms with Crippen LogP contribution in [0.25, 0.3) is 0 Å². The Kier molecular flexibility index (Phi) is 6.29. The van der Waals surface area contributed by atoms with E-state index in [-0.39, 0.29) is 11.8 Å². The highest BCUT2D eigenvalue weighted by Gasteiger charge is 2.16. The van der Waals surface area contributed by atoms with Gasteiger partial charge in [-0.05, 0) is 68.3 Å². The third kappa shape index (κ3) is 5.23. The number of hydrogen-bond donors (Lipinski definition) is 2. The number of nitrogens with one attached hydrogen (secondary N) is 2. The second-order valence-corrected chi connectivity index (χ2v) is 6.86. The van der Waals surface area contributed by atoms with Gasteiger partial charge in [0.25, 0.3) is 11.8 Å². The second kappa shape index (κ2) is 9.06. The molecule has 0 spiro atoms. The summed E-state index contributed by atoms with van der Waals surface area (Å²) >= 11 is 0. The average Bonchev–Trinajstić information content (AvgIpc) is 2.72. The van der Waals surface area contributed by atoms with Crippen molar-refractivity contribution in [3.8, 4) is 5.75 Å². The van der Waals surface area contributed by atoms with Gasteiger partial charge >= 0.3 is 0 Å². The third-order valence-electron chi connectivity index (χ3n) is 4.59. The molecule has 0 saturated heterocycles. The average molecular weight is 388 g/mol. The molecule has 5 nitrogen and oxygen atoms in total. The molecule has 3 aromatic rings. The van der Waals surface area contributed by atoms with Gasteiger partial charge in [0.2, 0.25) is 0 Å². The minimum Gasteiger partial charge on any atom is -0.481 e. The van der Waals surface area contributed by atoms with Gasteiger partial charge in [0, 0.05) is 16.9 Å². The van der Waals surface area contributed by atoms with Crippen LogP contribution in [0.5, 0.6) is 5.75 Å². The zero-order valence-corrected chi connectivity index (χ0v) is 16.7. The molecule has 0 saturated carbocycles. The number of carbonyl (C=O) groups is 2. The fourth-order valence-electron chi connectivity index (χ4n) is 2.80. The molecule has 5 heteroatoms. The minimum atomic E-state index is -0.679. The summed E-state index contributed by atoms with van der Waals surface area (Å²) in [5.41, 5.74) is 4.03. The van der Waals surface area contributed by atoms with Crippen molar-refractivity contribution in [2.45, 2.75) is 26.9 Å². The molecule has 0 radical (unpaired) electrons. The lowest BCUT2D eigenvalue weighted by atomic mass is 10.1. The quantitative estimate of drug-likeness (QED) is 0.627. The van der Waals surface area contributed by atoms with Gasteiger partial charge < -0.3 is 15.4 Å². The van der Waals surface area contributed by atoms with E-state index in [1.807, 2.05) is 62.4 Å². The van der Waals surface area contributed by atoms with Gasteiger partial charge in [-0.2, -0.15) is 0 Å². The van der Waals surface area contributed by atoms with Gasteiger partial charge in [-0.3, -0.25) is 9.59 Å². The van der Waals surface area contributed by atoms with Crippen LogP contribution in [-0.4, -0.2) is 17.9 Å². The van der Waals surface area contributed by atoms with Gasteiger partial charge in [-0.25, -0.2) is 0 Å². The number of hydrogen-bond acceptors (Lipinski definition) is 3. The Morgan fingerprint density at radius 2 is 1.28 bits per heavy atom. The first-order valence-electron chi connectivity index (χ1n) is 9.44. The zero-order chi connectivity index (χ0) is 20.8. The third-order valence-corrected chi connectivity index (χ3v) is 4.59. The van der Waals surface area contributed by atoms with Gasteiger partial charge in [0.15, 0.2) is 6.10 Å². The Hall–Kier alpha value is -3.60. The molecule has 1 unspecified atom stereocenters. The van der Waals surface area contributed by atoms with Gasteiger partial charge in [0.05, 0.1) is 0 Å². The van der Waals surface area contributed by atoms with Crippen molar-refractivity contribution >= 4 is 23.2 Å². The van der Waals surface area contributed by atoms with Crippen molar-refractivity contribution in [3.63, 3.8) is 0 Å². The van der Waals surface area contributed by atoms with E-state index in [9.17, 15) is 9.59 Å². The summed E-state index contributed by atoms with van der Waals surface area (Å²) in [7, 11) is 0. The first kappa shape index (κ1) is 20.1. The lowest BCUT2D eigenvalue weighted by molar-refractivity contribution is -0.122. The van der Waals surface area contributed by atoms with Gasteiger partial charge in [-0.15, -0.1) is 0 Å². The summed E-state index contributed by atoms with van der Waals surface area (Å²) in [6.45, 7) is 5.56. The fourth-order valence-corrected chi connectivity index (χ4v) is 2.80. The lowest BCUT2D eigenvalue weighted by Gasteiger charge is -2.16. The number of para-hydroxylation sites is 2. The topological polar surface area (TPSA) is 67.4 Å². The fraction of sp³-hybridized carbons (Fsp3) is 0.167. The van der Waals surface area contributed by atoms with Crippen molar-refractivity contribution < 1.29 is 14.3 Å². The highest BCUT2D eigenvalue weighted by molar-refractivity contribution is 6.04. The minimum absolute atomic E-state index is 0.198. The molecule has 29 heavy (non-hydrogen) atoms. The summed E-state index contributed by atoms with van der Waals surface area (Å²) in [6.07, 6.45) is -0.679. The van der Waals surface area contributed by atoms with E-state index in [0.29, 0.717) is 11.3 Å². The van der Waals surface area contributed by atoms with Gasteiger partial charge in [0.1, 0.15) is 5.75 Å². The molecule has 148 valence electrons. The van der Waals surface area contributed by atoms with E-state index >= 15 is 0 Å². The van der Waals surface area contributed by atoms with Crippen molar-refractivity contribution in [2.75, 3.05) is 10.6 Å². The van der Waals surface area contributed by atoms with E-state index in [2.05, 4.69) is 10.6 Å². The van der Waals surface area contributed by atoms with Crippen molar-refractivity contribution in [1.82, 2.24) is 0 Å². The van der Waals surface area contributed by atoms with E-state index in [4.69, 9.17) is 4.74 Å². The first-order chi connectivity index (χ1) is 13.9. The normalized spacial score (nSPS) is 11.4. The molecular formula is C24H24N2O3. The van der Waals surface area contributed by atoms with Crippen LogP contribution in [0.2, 0.25) is 0 Å². The first-order valence-corrected chi connectivity index (χ1v) is 9.44. The molecule has 3 aromatic carbocycles. The number of amides is 2. The molecule has 0 aliphatic heterocycles. The number of benzene rings is 3. The Bertz CT molecular complexity index is 1010. The van der Waals surface area contributed by atoms with E-state index in [1.54, 1.807) is 31.2 Å². The molecule has 0 aliphatic rings. The standard InChI is InChI=1S/C24H24N2O3/c1-16-8-4-6-10-21(16)25-23(27)18(3)29-20-14-12-19(13-15-20)24(28)26-22-11-7-5-9-17(22)2/h4-15,18H,1-3H3,(H,25,27)(H,26,28). The monoisotopic (exact) mass is 388 g/mol. The van der Waals surface area contributed by atoms with Crippen LogP contribution >= 0.6 is 0 Å². The number of ether oxygens (including phenoxy) is 1. The van der Waals surface area contributed by atoms with Crippen LogP contribution in [0.3, 0.4) is 0 Å². The van der Waals surface area contributed by atoms with E-state index in [0.717, 1.165) is 22.5 Å². The summed E-state index contributed by atoms with van der Waals surface area (Å²) in [4.78, 5) is 24.8. The number of rotatable bonds is 6. The Morgan fingerprint density at radius 3 is 1.83 bits per heavy atom. The zero-order valence-electron chi connectivity index (χ0n) is 16.7. The highest BCUT2D eigenvalue weighted by Crippen LogP contribution is 2.19. The summed E-state index contributed by atoms with van der Waals surface area (Å²) in [6, 6.07) is 21.9. The second-order valence-electron chi connectivity index (χ2n) is 6.86. The lowest BCUT2D eigenvalue weighted by Crippen LogP contribution is -2.30. The maximum Gasteiger partial charge on any atom is 0.265 e. The summed E-state index contributed by atoms with van der Waals surface area (Å²) in [5, 5.41) is 5.76. The van der Waals surface area contributed by atoms with Crippen LogP contribution in [0.1, 0.15) is 28.4 Å². The van der Waals surface area contributed by atoms with Crippen LogP contribution in [0, 0.1) is 13.8 Å². The summed E-state index contributed by atoms with van der Waals surface area (Å²) in [5.74, 6) is 0.0849. The van der Waals surface area contributed by atoms with Gasteiger partial charge in [-0.1, -0.05) is 36.4 Å². The Balaban J connectivity index is 1.59. The van der Waals surface area contributed by atoms with Crippen LogP contribution in [0.15, 0.2) is 72.8 Å². The number of carbonyl (C=O) groups excluding carboxylic acids is 2.